The van der Waals surface area contributed by atoms with E-state index in [0.717, 1.165) is 29.4 Å². The smallest absolute Gasteiger partial charge is 0.336 e. The van der Waals surface area contributed by atoms with E-state index in [2.05, 4.69) is 5.32 Å². The van der Waals surface area contributed by atoms with E-state index in [9.17, 15) is 9.90 Å². The number of ether oxygens (including phenoxy) is 1. The number of benzene rings is 2. The van der Waals surface area contributed by atoms with Gasteiger partial charge in [-0.2, -0.15) is 0 Å². The van der Waals surface area contributed by atoms with Crippen LogP contribution >= 0.6 is 0 Å². The van der Waals surface area contributed by atoms with Crippen molar-refractivity contribution >= 4 is 22.4 Å². The SMILES string of the molecule is O=C(O)c1ccc(NCCCOCCO)c2ccccc12. The molecule has 3 N–H and O–H groups in total. The molecule has 0 fully saturated rings. The summed E-state index contributed by atoms with van der Waals surface area (Å²) in [7, 11) is 0. The Morgan fingerprint density at radius 3 is 2.57 bits per heavy atom. The molecule has 0 atom stereocenters. The van der Waals surface area contributed by atoms with Crippen molar-refractivity contribution in [3.63, 3.8) is 0 Å². The molecule has 0 saturated heterocycles. The molecular weight excluding hydrogens is 270 g/mol. The minimum Gasteiger partial charge on any atom is -0.478 e. The van der Waals surface area contributed by atoms with Crippen molar-refractivity contribution in [3.05, 3.63) is 42.0 Å². The number of hydrogen-bond donors (Lipinski definition) is 3. The van der Waals surface area contributed by atoms with Crippen molar-refractivity contribution in [3.8, 4) is 0 Å². The fourth-order valence-electron chi connectivity index (χ4n) is 2.20. The van der Waals surface area contributed by atoms with Gasteiger partial charge in [-0.1, -0.05) is 24.3 Å². The molecule has 0 heterocycles. The number of hydrogen-bond acceptors (Lipinski definition) is 4. The maximum absolute atomic E-state index is 11.2. The number of aliphatic hydroxyl groups is 1. The predicted octanol–water partition coefficient (Wildman–Crippen LogP) is 2.35. The summed E-state index contributed by atoms with van der Waals surface area (Å²) in [4.78, 5) is 11.2. The lowest BCUT2D eigenvalue weighted by atomic mass is 10.0. The van der Waals surface area contributed by atoms with Gasteiger partial charge in [-0.15, -0.1) is 0 Å². The molecule has 0 bridgehead atoms. The second-order valence-electron chi connectivity index (χ2n) is 4.63. The van der Waals surface area contributed by atoms with E-state index in [4.69, 9.17) is 9.84 Å². The van der Waals surface area contributed by atoms with E-state index in [1.54, 1.807) is 12.1 Å². The molecule has 0 aromatic heterocycles. The van der Waals surface area contributed by atoms with E-state index < -0.39 is 5.97 Å². The summed E-state index contributed by atoms with van der Waals surface area (Å²) in [5, 5.41) is 22.7. The van der Waals surface area contributed by atoms with Crippen molar-refractivity contribution in [1.29, 1.82) is 0 Å². The third-order valence-corrected chi connectivity index (χ3v) is 3.17. The number of carboxylic acids is 1. The van der Waals surface area contributed by atoms with E-state index in [1.807, 2.05) is 24.3 Å². The van der Waals surface area contributed by atoms with Crippen LogP contribution in [0.4, 0.5) is 5.69 Å². The highest BCUT2D eigenvalue weighted by Gasteiger charge is 2.10. The topological polar surface area (TPSA) is 78.8 Å². The van der Waals surface area contributed by atoms with Crippen LogP contribution in [0.2, 0.25) is 0 Å². The van der Waals surface area contributed by atoms with Gasteiger partial charge in [-0.05, 0) is 23.9 Å². The van der Waals surface area contributed by atoms with Gasteiger partial charge < -0.3 is 20.3 Å². The molecule has 5 nitrogen and oxygen atoms in total. The Morgan fingerprint density at radius 2 is 1.86 bits per heavy atom. The highest BCUT2D eigenvalue weighted by atomic mass is 16.5. The molecule has 5 heteroatoms. The van der Waals surface area contributed by atoms with E-state index >= 15 is 0 Å². The van der Waals surface area contributed by atoms with Gasteiger partial charge in [0.15, 0.2) is 0 Å². The molecule has 0 radical (unpaired) electrons. The zero-order valence-corrected chi connectivity index (χ0v) is 11.7. The second-order valence-corrected chi connectivity index (χ2v) is 4.63. The van der Waals surface area contributed by atoms with E-state index in [0.29, 0.717) is 18.8 Å². The molecule has 0 aliphatic heterocycles. The number of rotatable bonds is 8. The minimum atomic E-state index is -0.921. The van der Waals surface area contributed by atoms with Gasteiger partial charge in [0.1, 0.15) is 0 Å². The van der Waals surface area contributed by atoms with Crippen molar-refractivity contribution in [1.82, 2.24) is 0 Å². The Labute approximate surface area is 123 Å². The fourth-order valence-corrected chi connectivity index (χ4v) is 2.20. The van der Waals surface area contributed by atoms with Crippen LogP contribution in [0.15, 0.2) is 36.4 Å². The summed E-state index contributed by atoms with van der Waals surface area (Å²) in [5.41, 5.74) is 1.22. The largest absolute Gasteiger partial charge is 0.478 e. The minimum absolute atomic E-state index is 0.0364. The number of anilines is 1. The third-order valence-electron chi connectivity index (χ3n) is 3.17. The van der Waals surface area contributed by atoms with Crippen LogP contribution in [0, 0.1) is 0 Å². The molecule has 0 aliphatic rings. The summed E-state index contributed by atoms with van der Waals surface area (Å²) in [5.74, 6) is -0.921. The Kier molecular flexibility index (Phi) is 5.54. The van der Waals surface area contributed by atoms with Gasteiger partial charge in [0.2, 0.25) is 0 Å². The van der Waals surface area contributed by atoms with Crippen molar-refractivity contribution in [2.75, 3.05) is 31.7 Å². The quantitative estimate of drug-likeness (QED) is 0.650. The number of nitrogens with one attached hydrogen (secondary N) is 1. The monoisotopic (exact) mass is 289 g/mol. The van der Waals surface area contributed by atoms with Gasteiger partial charge in [0.25, 0.3) is 0 Å². The van der Waals surface area contributed by atoms with Crippen LogP contribution in [0.1, 0.15) is 16.8 Å². The molecule has 112 valence electrons. The molecule has 0 spiro atoms. The van der Waals surface area contributed by atoms with E-state index in [-0.39, 0.29) is 6.61 Å². The zero-order chi connectivity index (χ0) is 15.1. The Hall–Kier alpha value is -2.11. The van der Waals surface area contributed by atoms with Crippen LogP contribution in [-0.2, 0) is 4.74 Å². The maximum Gasteiger partial charge on any atom is 0.336 e. The van der Waals surface area contributed by atoms with Crippen LogP contribution < -0.4 is 5.32 Å². The van der Waals surface area contributed by atoms with Crippen LogP contribution in [0.5, 0.6) is 0 Å². The Bertz CT molecular complexity index is 612. The van der Waals surface area contributed by atoms with Gasteiger partial charge in [0.05, 0.1) is 18.8 Å². The summed E-state index contributed by atoms with van der Waals surface area (Å²) in [6.07, 6.45) is 0.814. The van der Waals surface area contributed by atoms with Gasteiger partial charge in [-0.3, -0.25) is 0 Å². The molecule has 0 saturated carbocycles. The first-order valence-corrected chi connectivity index (χ1v) is 6.91. The number of carbonyl (C=O) groups is 1. The molecule has 2 aromatic carbocycles. The standard InChI is InChI=1S/C16H19NO4/c18-9-11-21-10-3-8-17-15-7-6-14(16(19)20)12-4-1-2-5-13(12)15/h1-2,4-7,17-18H,3,8-11H2,(H,19,20). The second kappa shape index (κ2) is 7.61. The third kappa shape index (κ3) is 3.93. The zero-order valence-electron chi connectivity index (χ0n) is 11.7. The summed E-state index contributed by atoms with van der Waals surface area (Å²) in [6.45, 7) is 1.70. The van der Waals surface area contributed by atoms with Crippen molar-refractivity contribution in [2.45, 2.75) is 6.42 Å². The van der Waals surface area contributed by atoms with Crippen molar-refractivity contribution in [2.24, 2.45) is 0 Å². The van der Waals surface area contributed by atoms with Gasteiger partial charge >= 0.3 is 5.97 Å². The number of aliphatic hydroxyl groups excluding tert-OH is 1. The summed E-state index contributed by atoms with van der Waals surface area (Å²) in [6, 6.07) is 10.9. The number of aromatic carboxylic acids is 1. The van der Waals surface area contributed by atoms with Crippen LogP contribution in [0.3, 0.4) is 0 Å². The number of fused-ring (bicyclic) bond motifs is 1. The van der Waals surface area contributed by atoms with E-state index in [1.165, 1.54) is 0 Å². The first kappa shape index (κ1) is 15.3. The Morgan fingerprint density at radius 1 is 1.10 bits per heavy atom. The summed E-state index contributed by atoms with van der Waals surface area (Å²) >= 11 is 0. The van der Waals surface area contributed by atoms with Crippen LogP contribution in [0.25, 0.3) is 10.8 Å². The lowest BCUT2D eigenvalue weighted by molar-refractivity contribution is 0.0699. The first-order chi connectivity index (χ1) is 10.2. The number of carboxylic acid groups (broad SMARTS) is 1. The van der Waals surface area contributed by atoms with Crippen molar-refractivity contribution < 1.29 is 19.7 Å². The predicted molar refractivity (Wildman–Crippen MR) is 81.9 cm³/mol. The average Bonchev–Trinajstić information content (AvgIpc) is 2.50. The van der Waals surface area contributed by atoms with Gasteiger partial charge in [-0.25, -0.2) is 4.79 Å². The normalized spacial score (nSPS) is 10.7. The molecular formula is C16H19NO4. The van der Waals surface area contributed by atoms with Crippen LogP contribution in [-0.4, -0.2) is 42.5 Å². The summed E-state index contributed by atoms with van der Waals surface area (Å²) < 4.78 is 5.19. The highest BCUT2D eigenvalue weighted by molar-refractivity contribution is 6.07. The molecule has 21 heavy (non-hydrogen) atoms. The Balaban J connectivity index is 2.07. The maximum atomic E-state index is 11.2. The molecule has 2 rings (SSSR count). The molecule has 2 aromatic rings. The highest BCUT2D eigenvalue weighted by Crippen LogP contribution is 2.26. The fraction of sp³-hybridized carbons (Fsp3) is 0.312. The lowest BCUT2D eigenvalue weighted by Gasteiger charge is -2.11. The molecule has 0 amide bonds. The lowest BCUT2D eigenvalue weighted by Crippen LogP contribution is -2.08. The first-order valence-electron chi connectivity index (χ1n) is 6.91. The van der Waals surface area contributed by atoms with Gasteiger partial charge in [0, 0.05) is 24.2 Å². The average molecular weight is 289 g/mol. The molecule has 0 aliphatic carbocycles. The molecule has 0 unspecified atom stereocenters.